The van der Waals surface area contributed by atoms with Crippen LogP contribution in [0.25, 0.3) is 0 Å². The highest BCUT2D eigenvalue weighted by molar-refractivity contribution is 7.80. The van der Waals surface area contributed by atoms with Gasteiger partial charge in [-0.15, -0.1) is 0 Å². The Hall–Kier alpha value is -1.63. The van der Waals surface area contributed by atoms with E-state index in [-0.39, 0.29) is 0 Å². The van der Waals surface area contributed by atoms with Crippen LogP contribution in [0.3, 0.4) is 0 Å². The first kappa shape index (κ1) is 16.7. The van der Waals surface area contributed by atoms with Gasteiger partial charge in [-0.25, -0.2) is 4.98 Å². The van der Waals surface area contributed by atoms with Crippen LogP contribution >= 0.6 is 12.2 Å². The molecular weight excluding hydrogens is 311 g/mol. The van der Waals surface area contributed by atoms with Crippen LogP contribution in [0.5, 0.6) is 0 Å². The van der Waals surface area contributed by atoms with Gasteiger partial charge in [-0.3, -0.25) is 0 Å². The molecule has 3 nitrogen and oxygen atoms in total. The maximum Gasteiger partial charge on any atom is 0.417 e. The number of allylic oxidation sites excluding steroid dienone is 1. The number of anilines is 1. The Morgan fingerprint density at radius 2 is 2.09 bits per heavy atom. The Labute approximate surface area is 133 Å². The van der Waals surface area contributed by atoms with E-state index in [4.69, 9.17) is 12.2 Å². The number of hydrogen-bond donors (Lipinski definition) is 2. The van der Waals surface area contributed by atoms with Gasteiger partial charge in [0.2, 0.25) is 0 Å². The summed E-state index contributed by atoms with van der Waals surface area (Å²) >= 11 is 5.11. The molecule has 1 aliphatic carbocycles. The van der Waals surface area contributed by atoms with Crippen molar-refractivity contribution in [3.05, 3.63) is 35.5 Å². The van der Waals surface area contributed by atoms with Crippen LogP contribution in [0, 0.1) is 0 Å². The molecule has 0 aromatic carbocycles. The van der Waals surface area contributed by atoms with Crippen LogP contribution in [0.1, 0.15) is 37.7 Å². The third-order valence-electron chi connectivity index (χ3n) is 3.45. The molecule has 1 aromatic rings. The lowest BCUT2D eigenvalue weighted by Gasteiger charge is -2.14. The van der Waals surface area contributed by atoms with Gasteiger partial charge in [-0.1, -0.05) is 11.6 Å². The number of thiocarbonyl (C=S) groups is 1. The molecule has 1 aromatic heterocycles. The lowest BCUT2D eigenvalue weighted by atomic mass is 9.97. The van der Waals surface area contributed by atoms with E-state index in [1.807, 2.05) is 0 Å². The lowest BCUT2D eigenvalue weighted by Crippen LogP contribution is -2.29. The van der Waals surface area contributed by atoms with Gasteiger partial charge >= 0.3 is 6.18 Å². The Balaban J connectivity index is 1.76. The molecule has 0 bridgehead atoms. The molecule has 1 heterocycles. The Kier molecular flexibility index (Phi) is 5.76. The summed E-state index contributed by atoms with van der Waals surface area (Å²) in [6.45, 7) is 0.707. The molecule has 22 heavy (non-hydrogen) atoms. The number of halogens is 3. The number of alkyl halides is 3. The van der Waals surface area contributed by atoms with Gasteiger partial charge in [0.1, 0.15) is 5.82 Å². The van der Waals surface area contributed by atoms with Gasteiger partial charge in [0.25, 0.3) is 0 Å². The number of nitrogens with zero attached hydrogens (tertiary/aromatic N) is 1. The van der Waals surface area contributed by atoms with Crippen LogP contribution < -0.4 is 10.6 Å². The summed E-state index contributed by atoms with van der Waals surface area (Å²) in [5.74, 6) is 0.294. The molecule has 0 spiro atoms. The smallest absolute Gasteiger partial charge is 0.362 e. The molecule has 7 heteroatoms. The maximum atomic E-state index is 12.4. The third-order valence-corrected chi connectivity index (χ3v) is 3.70. The molecule has 0 fully saturated rings. The van der Waals surface area contributed by atoms with E-state index in [9.17, 15) is 13.2 Å². The fraction of sp³-hybridized carbons (Fsp3) is 0.467. The quantitative estimate of drug-likeness (QED) is 0.639. The second-order valence-electron chi connectivity index (χ2n) is 5.17. The van der Waals surface area contributed by atoms with Crippen molar-refractivity contribution in [1.29, 1.82) is 0 Å². The van der Waals surface area contributed by atoms with Gasteiger partial charge in [0.15, 0.2) is 5.11 Å². The minimum absolute atomic E-state index is 0.294. The number of nitrogens with one attached hydrogen (secondary N) is 2. The highest BCUT2D eigenvalue weighted by Gasteiger charge is 2.30. The van der Waals surface area contributed by atoms with E-state index in [0.29, 0.717) is 17.5 Å². The van der Waals surface area contributed by atoms with Crippen LogP contribution in [-0.4, -0.2) is 16.6 Å². The normalized spacial score (nSPS) is 15.1. The van der Waals surface area contributed by atoms with Crippen molar-refractivity contribution in [3.8, 4) is 0 Å². The SMILES string of the molecule is FC(F)(F)c1ccc(NC(=S)NCCC2=CCCCC2)nc1. The number of hydrogen-bond acceptors (Lipinski definition) is 2. The van der Waals surface area contributed by atoms with Gasteiger partial charge in [0.05, 0.1) is 5.56 Å². The maximum absolute atomic E-state index is 12.4. The van der Waals surface area contributed by atoms with E-state index in [0.717, 1.165) is 31.5 Å². The Bertz CT molecular complexity index is 538. The molecule has 0 radical (unpaired) electrons. The van der Waals surface area contributed by atoms with Crippen molar-refractivity contribution in [2.45, 2.75) is 38.3 Å². The van der Waals surface area contributed by atoms with E-state index in [1.165, 1.54) is 24.5 Å². The zero-order valence-corrected chi connectivity index (χ0v) is 12.9. The minimum Gasteiger partial charge on any atom is -0.362 e. The Morgan fingerprint density at radius 3 is 2.68 bits per heavy atom. The fourth-order valence-electron chi connectivity index (χ4n) is 2.26. The fourth-order valence-corrected chi connectivity index (χ4v) is 2.47. The first-order valence-corrected chi connectivity index (χ1v) is 7.62. The second-order valence-corrected chi connectivity index (χ2v) is 5.58. The summed E-state index contributed by atoms with van der Waals surface area (Å²) in [6.07, 6.45) is 4.41. The van der Waals surface area contributed by atoms with E-state index in [1.54, 1.807) is 0 Å². The molecule has 0 saturated heterocycles. The number of aromatic nitrogens is 1. The molecule has 0 atom stereocenters. The van der Waals surface area contributed by atoms with Gasteiger partial charge < -0.3 is 10.6 Å². The van der Waals surface area contributed by atoms with Gasteiger partial charge in [-0.2, -0.15) is 13.2 Å². The monoisotopic (exact) mass is 329 g/mol. The summed E-state index contributed by atoms with van der Waals surface area (Å²) in [5, 5.41) is 6.19. The highest BCUT2D eigenvalue weighted by Crippen LogP contribution is 2.28. The van der Waals surface area contributed by atoms with Crippen molar-refractivity contribution in [2.75, 3.05) is 11.9 Å². The van der Waals surface area contributed by atoms with E-state index in [2.05, 4.69) is 21.7 Å². The Morgan fingerprint density at radius 1 is 1.27 bits per heavy atom. The molecule has 2 N–H and O–H groups in total. The molecule has 0 aliphatic heterocycles. The molecule has 0 saturated carbocycles. The largest absolute Gasteiger partial charge is 0.417 e. The van der Waals surface area contributed by atoms with Crippen LogP contribution in [0.2, 0.25) is 0 Å². The molecule has 0 amide bonds. The summed E-state index contributed by atoms with van der Waals surface area (Å²) < 4.78 is 37.3. The van der Waals surface area contributed by atoms with Crippen LogP contribution in [0.4, 0.5) is 19.0 Å². The predicted octanol–water partition coefficient (Wildman–Crippen LogP) is 4.28. The van der Waals surface area contributed by atoms with Crippen molar-refractivity contribution in [1.82, 2.24) is 10.3 Å². The average molecular weight is 329 g/mol. The summed E-state index contributed by atoms with van der Waals surface area (Å²) in [6, 6.07) is 2.24. The summed E-state index contributed by atoms with van der Waals surface area (Å²) in [4.78, 5) is 3.71. The molecule has 2 rings (SSSR count). The second kappa shape index (κ2) is 7.58. The standard InChI is InChI=1S/C15H18F3N3S/c16-15(17,18)12-6-7-13(20-10-12)21-14(22)19-9-8-11-4-2-1-3-5-11/h4,6-7,10H,1-3,5,8-9H2,(H2,19,20,21,22). The first-order chi connectivity index (χ1) is 10.4. The number of pyridine rings is 1. The van der Waals surface area contributed by atoms with Crippen molar-refractivity contribution in [2.24, 2.45) is 0 Å². The van der Waals surface area contributed by atoms with Gasteiger partial charge in [-0.05, 0) is 56.5 Å². The summed E-state index contributed by atoms with van der Waals surface area (Å²) in [5.41, 5.74) is 0.662. The third kappa shape index (κ3) is 5.29. The molecule has 0 unspecified atom stereocenters. The van der Waals surface area contributed by atoms with Crippen LogP contribution in [0.15, 0.2) is 30.0 Å². The first-order valence-electron chi connectivity index (χ1n) is 7.21. The van der Waals surface area contributed by atoms with Crippen LogP contribution in [-0.2, 0) is 6.18 Å². The minimum atomic E-state index is -4.38. The predicted molar refractivity (Wildman–Crippen MR) is 84.6 cm³/mol. The van der Waals surface area contributed by atoms with Crippen molar-refractivity contribution < 1.29 is 13.2 Å². The van der Waals surface area contributed by atoms with E-state index >= 15 is 0 Å². The molecule has 1 aliphatic rings. The highest BCUT2D eigenvalue weighted by atomic mass is 32.1. The lowest BCUT2D eigenvalue weighted by molar-refractivity contribution is -0.137. The zero-order chi connectivity index (χ0) is 16.0. The zero-order valence-electron chi connectivity index (χ0n) is 12.0. The summed E-state index contributed by atoms with van der Waals surface area (Å²) in [7, 11) is 0. The van der Waals surface area contributed by atoms with Gasteiger partial charge in [0, 0.05) is 12.7 Å². The topological polar surface area (TPSA) is 37.0 Å². The molecule has 120 valence electrons. The van der Waals surface area contributed by atoms with Crippen molar-refractivity contribution in [3.63, 3.8) is 0 Å². The van der Waals surface area contributed by atoms with E-state index < -0.39 is 11.7 Å². The van der Waals surface area contributed by atoms with Crippen molar-refractivity contribution >= 4 is 23.1 Å². The average Bonchev–Trinajstić information content (AvgIpc) is 2.48. The number of rotatable bonds is 4. The molecular formula is C15H18F3N3S.